The highest BCUT2D eigenvalue weighted by Gasteiger charge is 2.18. The minimum Gasteiger partial charge on any atom is -0.461 e. The molecule has 2 N–H and O–H groups in total. The first-order valence-electron chi connectivity index (χ1n) is 9.23. The van der Waals surface area contributed by atoms with Crippen LogP contribution in [0.15, 0.2) is 35.2 Å². The summed E-state index contributed by atoms with van der Waals surface area (Å²) in [6, 6.07) is 3.76. The molecule has 4 heterocycles. The molecule has 0 saturated heterocycles. The van der Waals surface area contributed by atoms with Crippen LogP contribution in [0, 0.1) is 0 Å². The lowest BCUT2D eigenvalue weighted by atomic mass is 10.1. The van der Waals surface area contributed by atoms with Gasteiger partial charge in [-0.25, -0.2) is 9.97 Å². The van der Waals surface area contributed by atoms with E-state index in [0.717, 1.165) is 56.0 Å². The third kappa shape index (κ3) is 3.62. The summed E-state index contributed by atoms with van der Waals surface area (Å²) >= 11 is 0. The number of hydrogen-bond acceptors (Lipinski definition) is 6. The van der Waals surface area contributed by atoms with Crippen LogP contribution < -0.4 is 10.6 Å². The number of rotatable bonds is 6. The van der Waals surface area contributed by atoms with Crippen molar-refractivity contribution in [3.05, 3.63) is 47.6 Å². The van der Waals surface area contributed by atoms with Crippen LogP contribution in [0.3, 0.4) is 0 Å². The Kier molecular flexibility index (Phi) is 4.97. The molecule has 136 valence electrons. The van der Waals surface area contributed by atoms with Gasteiger partial charge in [-0.2, -0.15) is 5.10 Å². The highest BCUT2D eigenvalue weighted by molar-refractivity contribution is 5.56. The van der Waals surface area contributed by atoms with Gasteiger partial charge >= 0.3 is 0 Å². The van der Waals surface area contributed by atoms with Gasteiger partial charge in [0.15, 0.2) is 11.6 Å². The Morgan fingerprint density at radius 1 is 1.27 bits per heavy atom. The maximum Gasteiger partial charge on any atom is 0.197 e. The molecule has 0 radical (unpaired) electrons. The maximum atomic E-state index is 5.51. The number of furan rings is 1. The number of fused-ring (bicyclic) bond motifs is 1. The van der Waals surface area contributed by atoms with E-state index >= 15 is 0 Å². The number of aromatic nitrogens is 4. The summed E-state index contributed by atoms with van der Waals surface area (Å²) in [6.07, 6.45) is 8.55. The molecule has 1 aliphatic rings. The van der Waals surface area contributed by atoms with E-state index in [1.54, 1.807) is 6.26 Å². The lowest BCUT2D eigenvalue weighted by Crippen LogP contribution is -2.16. The van der Waals surface area contributed by atoms with E-state index in [9.17, 15) is 0 Å². The second-order valence-corrected chi connectivity index (χ2v) is 6.51. The van der Waals surface area contributed by atoms with Crippen LogP contribution in [-0.2, 0) is 25.9 Å². The third-order valence-electron chi connectivity index (χ3n) is 4.52. The minimum atomic E-state index is 0.639. The molecule has 0 spiro atoms. The zero-order chi connectivity index (χ0) is 17.8. The monoisotopic (exact) mass is 352 g/mol. The van der Waals surface area contributed by atoms with Gasteiger partial charge in [-0.3, -0.25) is 4.68 Å². The van der Waals surface area contributed by atoms with Gasteiger partial charge in [0.2, 0.25) is 0 Å². The van der Waals surface area contributed by atoms with Crippen molar-refractivity contribution in [1.82, 2.24) is 25.1 Å². The average molecular weight is 352 g/mol. The number of nitrogens with one attached hydrogen (secondary N) is 2. The summed E-state index contributed by atoms with van der Waals surface area (Å²) in [5.74, 6) is 2.23. The smallest absolute Gasteiger partial charge is 0.197 e. The third-order valence-corrected chi connectivity index (χ3v) is 4.52. The van der Waals surface area contributed by atoms with Crippen molar-refractivity contribution in [2.24, 2.45) is 0 Å². The Morgan fingerprint density at radius 3 is 3.04 bits per heavy atom. The molecular weight excluding hydrogens is 328 g/mol. The number of anilines is 1. The molecule has 4 rings (SSSR count). The highest BCUT2D eigenvalue weighted by Crippen LogP contribution is 2.25. The Hall–Kier alpha value is -2.67. The largest absolute Gasteiger partial charge is 0.461 e. The predicted octanol–water partition coefficient (Wildman–Crippen LogP) is 2.64. The van der Waals surface area contributed by atoms with E-state index < -0.39 is 0 Å². The first kappa shape index (κ1) is 16.8. The summed E-state index contributed by atoms with van der Waals surface area (Å²) < 4.78 is 7.49. The van der Waals surface area contributed by atoms with E-state index in [4.69, 9.17) is 14.4 Å². The molecule has 0 atom stereocenters. The molecule has 3 aromatic heterocycles. The van der Waals surface area contributed by atoms with Crippen LogP contribution in [0.1, 0.15) is 30.2 Å². The van der Waals surface area contributed by atoms with E-state index in [1.807, 2.05) is 23.0 Å². The normalized spacial score (nSPS) is 14.0. The van der Waals surface area contributed by atoms with Crippen molar-refractivity contribution in [3.8, 4) is 11.6 Å². The molecule has 0 fully saturated rings. The van der Waals surface area contributed by atoms with Gasteiger partial charge < -0.3 is 15.1 Å². The van der Waals surface area contributed by atoms with Gasteiger partial charge in [-0.05, 0) is 31.5 Å². The summed E-state index contributed by atoms with van der Waals surface area (Å²) in [6.45, 7) is 5.67. The van der Waals surface area contributed by atoms with Gasteiger partial charge in [-0.1, -0.05) is 6.92 Å². The SMILES string of the molecule is CCCn1cc(CNc2nc(-c3ccco3)nc3c2CCNCC3)cn1. The molecule has 0 aromatic carbocycles. The molecule has 7 heteroatoms. The van der Waals surface area contributed by atoms with Crippen LogP contribution in [0.5, 0.6) is 0 Å². The Balaban J connectivity index is 1.61. The fourth-order valence-corrected chi connectivity index (χ4v) is 3.24. The number of hydrogen-bond donors (Lipinski definition) is 2. The molecular formula is C19H24N6O. The fourth-order valence-electron chi connectivity index (χ4n) is 3.24. The quantitative estimate of drug-likeness (QED) is 0.710. The van der Waals surface area contributed by atoms with Crippen molar-refractivity contribution in [2.75, 3.05) is 18.4 Å². The van der Waals surface area contributed by atoms with E-state index in [1.165, 1.54) is 5.56 Å². The Labute approximate surface area is 152 Å². The van der Waals surface area contributed by atoms with Crippen LogP contribution in [0.4, 0.5) is 5.82 Å². The number of nitrogens with zero attached hydrogens (tertiary/aromatic N) is 4. The van der Waals surface area contributed by atoms with Crippen molar-refractivity contribution >= 4 is 5.82 Å². The Bertz CT molecular complexity index is 855. The van der Waals surface area contributed by atoms with Gasteiger partial charge in [0, 0.05) is 43.4 Å². The molecule has 3 aromatic rings. The summed E-state index contributed by atoms with van der Waals surface area (Å²) in [5.41, 5.74) is 3.45. The molecule has 0 saturated carbocycles. The summed E-state index contributed by atoms with van der Waals surface area (Å²) in [7, 11) is 0. The zero-order valence-electron chi connectivity index (χ0n) is 15.0. The highest BCUT2D eigenvalue weighted by atomic mass is 16.3. The van der Waals surface area contributed by atoms with Crippen LogP contribution in [0.2, 0.25) is 0 Å². The molecule has 1 aliphatic heterocycles. The maximum absolute atomic E-state index is 5.51. The van der Waals surface area contributed by atoms with Crippen LogP contribution >= 0.6 is 0 Å². The second kappa shape index (κ2) is 7.70. The van der Waals surface area contributed by atoms with Gasteiger partial charge in [0.05, 0.1) is 18.2 Å². The second-order valence-electron chi connectivity index (χ2n) is 6.51. The van der Waals surface area contributed by atoms with Crippen LogP contribution in [-0.4, -0.2) is 32.8 Å². The van der Waals surface area contributed by atoms with Gasteiger partial charge in [-0.15, -0.1) is 0 Å². The molecule has 7 nitrogen and oxygen atoms in total. The predicted molar refractivity (Wildman–Crippen MR) is 99.9 cm³/mol. The minimum absolute atomic E-state index is 0.639. The topological polar surface area (TPSA) is 80.8 Å². The van der Waals surface area contributed by atoms with E-state index in [-0.39, 0.29) is 0 Å². The first-order chi connectivity index (χ1) is 12.8. The van der Waals surface area contributed by atoms with E-state index in [2.05, 4.69) is 28.9 Å². The van der Waals surface area contributed by atoms with Crippen molar-refractivity contribution in [1.29, 1.82) is 0 Å². The van der Waals surface area contributed by atoms with Gasteiger partial charge in [0.1, 0.15) is 5.82 Å². The Morgan fingerprint density at radius 2 is 2.19 bits per heavy atom. The lowest BCUT2D eigenvalue weighted by molar-refractivity contribution is 0.576. The summed E-state index contributed by atoms with van der Waals surface area (Å²) in [4.78, 5) is 9.52. The average Bonchev–Trinajstić information content (AvgIpc) is 3.28. The van der Waals surface area contributed by atoms with Crippen molar-refractivity contribution in [2.45, 2.75) is 39.3 Å². The van der Waals surface area contributed by atoms with Crippen molar-refractivity contribution in [3.63, 3.8) is 0 Å². The fraction of sp³-hybridized carbons (Fsp3) is 0.421. The molecule has 26 heavy (non-hydrogen) atoms. The lowest BCUT2D eigenvalue weighted by Gasteiger charge is -2.13. The van der Waals surface area contributed by atoms with Gasteiger partial charge in [0.25, 0.3) is 0 Å². The zero-order valence-corrected chi connectivity index (χ0v) is 15.0. The molecule has 0 bridgehead atoms. The van der Waals surface area contributed by atoms with Crippen molar-refractivity contribution < 1.29 is 4.42 Å². The molecule has 0 aliphatic carbocycles. The standard InChI is InChI=1S/C19H24N6O/c1-2-9-25-13-14(12-22-25)11-21-18-15-5-7-20-8-6-16(15)23-19(24-18)17-4-3-10-26-17/h3-4,10,12-13,20H,2,5-9,11H2,1H3,(H,21,23,24). The molecule has 0 amide bonds. The molecule has 0 unspecified atom stereocenters. The van der Waals surface area contributed by atoms with E-state index in [0.29, 0.717) is 18.1 Å². The number of aryl methyl sites for hydroxylation is 1. The summed E-state index contributed by atoms with van der Waals surface area (Å²) in [5, 5.41) is 11.3. The first-order valence-corrected chi connectivity index (χ1v) is 9.23. The van der Waals surface area contributed by atoms with Crippen LogP contribution in [0.25, 0.3) is 11.6 Å².